The molecule has 0 aliphatic heterocycles. The molecule has 2 heteroatoms. The Morgan fingerprint density at radius 2 is 1.67 bits per heavy atom. The highest BCUT2D eigenvalue weighted by atomic mass is 16.5. The molecule has 2 saturated carbocycles. The molecule has 0 radical (unpaired) electrons. The molecule has 0 atom stereocenters. The lowest BCUT2D eigenvalue weighted by molar-refractivity contribution is 0.154. The third kappa shape index (κ3) is 3.30. The summed E-state index contributed by atoms with van der Waals surface area (Å²) in [6, 6.07) is 6.26. The molecule has 1 aromatic carbocycles. The van der Waals surface area contributed by atoms with E-state index in [-0.39, 0.29) is 0 Å². The molecule has 1 N–H and O–H groups in total. The van der Waals surface area contributed by atoms with Crippen LogP contribution in [0.25, 0.3) is 0 Å². The zero-order chi connectivity index (χ0) is 14.7. The third-order valence-corrected chi connectivity index (χ3v) is 5.11. The highest BCUT2D eigenvalue weighted by Crippen LogP contribution is 2.34. The van der Waals surface area contributed by atoms with Gasteiger partial charge in [-0.3, -0.25) is 0 Å². The van der Waals surface area contributed by atoms with Crippen molar-refractivity contribution in [2.24, 2.45) is 5.92 Å². The Hall–Kier alpha value is -1.31. The van der Waals surface area contributed by atoms with Crippen molar-refractivity contribution in [3.8, 4) is 5.75 Å². The Bertz CT molecular complexity index is 496. The van der Waals surface area contributed by atoms with Gasteiger partial charge in [0.15, 0.2) is 0 Å². The molecule has 2 aliphatic rings. The number of hydrogen-bond acceptors (Lipinski definition) is 2. The van der Waals surface area contributed by atoms with Crippen LogP contribution >= 0.6 is 0 Å². The molecule has 0 spiro atoms. The average Bonchev–Trinajstić information content (AvgIpc) is 3.02. The minimum Gasteiger partial charge on any atom is -0.490 e. The quantitative estimate of drug-likeness (QED) is 0.752. The number of hydrogen-bond donors (Lipinski definition) is 1. The van der Waals surface area contributed by atoms with E-state index in [1.54, 1.807) is 0 Å². The Labute approximate surface area is 128 Å². The number of benzene rings is 1. The Balaban J connectivity index is 1.82. The van der Waals surface area contributed by atoms with Gasteiger partial charge in [0.05, 0.1) is 6.10 Å². The molecule has 2 fully saturated rings. The van der Waals surface area contributed by atoms with Crippen LogP contribution in [0.5, 0.6) is 5.75 Å². The molecule has 1 aromatic rings. The standard InChI is InChI=1S/C19H27NO/c1-14-8-7-13-17(21-16-11-3-2-4-12-16)18(14)19(20)15-9-5-6-10-15/h7-8,13,15-16,20H,2-6,9-12H2,1H3. The molecular formula is C19H27NO. The molecule has 2 aliphatic carbocycles. The van der Waals surface area contributed by atoms with Crippen LogP contribution in [0.2, 0.25) is 0 Å². The fraction of sp³-hybridized carbons (Fsp3) is 0.632. The molecule has 0 bridgehead atoms. The van der Waals surface area contributed by atoms with Crippen molar-refractivity contribution in [3.05, 3.63) is 29.3 Å². The van der Waals surface area contributed by atoms with Crippen LogP contribution in [0.15, 0.2) is 18.2 Å². The van der Waals surface area contributed by atoms with E-state index in [2.05, 4.69) is 25.1 Å². The van der Waals surface area contributed by atoms with Crippen LogP contribution < -0.4 is 4.74 Å². The van der Waals surface area contributed by atoms with Crippen LogP contribution in [-0.4, -0.2) is 11.8 Å². The Morgan fingerprint density at radius 1 is 1.00 bits per heavy atom. The van der Waals surface area contributed by atoms with Crippen molar-refractivity contribution in [1.82, 2.24) is 0 Å². The number of ether oxygens (including phenoxy) is 1. The summed E-state index contributed by atoms with van der Waals surface area (Å²) in [4.78, 5) is 0. The second kappa shape index (κ2) is 6.64. The van der Waals surface area contributed by atoms with Crippen LogP contribution in [-0.2, 0) is 0 Å². The SMILES string of the molecule is Cc1cccc(OC2CCCCC2)c1C(=N)C1CCCC1. The zero-order valence-corrected chi connectivity index (χ0v) is 13.2. The van der Waals surface area contributed by atoms with Crippen LogP contribution in [0.4, 0.5) is 0 Å². The zero-order valence-electron chi connectivity index (χ0n) is 13.2. The minimum absolute atomic E-state index is 0.357. The lowest BCUT2D eigenvalue weighted by Gasteiger charge is -2.26. The van der Waals surface area contributed by atoms with Gasteiger partial charge in [0.25, 0.3) is 0 Å². The van der Waals surface area contributed by atoms with Gasteiger partial charge in [-0.2, -0.15) is 0 Å². The normalized spacial score (nSPS) is 20.6. The molecule has 21 heavy (non-hydrogen) atoms. The predicted molar refractivity (Wildman–Crippen MR) is 87.5 cm³/mol. The maximum atomic E-state index is 8.65. The topological polar surface area (TPSA) is 33.1 Å². The highest BCUT2D eigenvalue weighted by Gasteiger charge is 2.25. The van der Waals surface area contributed by atoms with Gasteiger partial charge in [-0.25, -0.2) is 0 Å². The third-order valence-electron chi connectivity index (χ3n) is 5.11. The van der Waals surface area contributed by atoms with Gasteiger partial charge in [-0.05, 0) is 57.1 Å². The van der Waals surface area contributed by atoms with Crippen molar-refractivity contribution in [1.29, 1.82) is 5.41 Å². The van der Waals surface area contributed by atoms with Gasteiger partial charge in [0.2, 0.25) is 0 Å². The van der Waals surface area contributed by atoms with E-state index >= 15 is 0 Å². The fourth-order valence-corrected chi connectivity index (χ4v) is 3.87. The van der Waals surface area contributed by atoms with E-state index < -0.39 is 0 Å². The average molecular weight is 285 g/mol. The molecule has 3 rings (SSSR count). The molecule has 0 amide bonds. The van der Waals surface area contributed by atoms with Crippen molar-refractivity contribution in [3.63, 3.8) is 0 Å². The number of nitrogens with one attached hydrogen (secondary N) is 1. The Morgan fingerprint density at radius 3 is 2.38 bits per heavy atom. The molecule has 2 nitrogen and oxygen atoms in total. The summed E-state index contributed by atoms with van der Waals surface area (Å²) in [6.07, 6.45) is 11.5. The van der Waals surface area contributed by atoms with E-state index in [0.717, 1.165) is 17.0 Å². The van der Waals surface area contributed by atoms with Gasteiger partial charge >= 0.3 is 0 Å². The highest BCUT2D eigenvalue weighted by molar-refractivity contribution is 6.03. The predicted octanol–water partition coefficient (Wildman–Crippen LogP) is 5.26. The lowest BCUT2D eigenvalue weighted by Crippen LogP contribution is -2.22. The summed E-state index contributed by atoms with van der Waals surface area (Å²) in [5.74, 6) is 1.40. The van der Waals surface area contributed by atoms with Crippen molar-refractivity contribution < 1.29 is 4.74 Å². The van der Waals surface area contributed by atoms with Crippen LogP contribution in [0.3, 0.4) is 0 Å². The van der Waals surface area contributed by atoms with E-state index in [9.17, 15) is 0 Å². The van der Waals surface area contributed by atoms with Gasteiger partial charge in [-0.1, -0.05) is 31.4 Å². The summed E-state index contributed by atoms with van der Waals surface area (Å²) < 4.78 is 6.31. The van der Waals surface area contributed by atoms with Crippen molar-refractivity contribution in [2.75, 3.05) is 0 Å². The summed E-state index contributed by atoms with van der Waals surface area (Å²) in [5.41, 5.74) is 3.09. The van der Waals surface area contributed by atoms with Gasteiger partial charge in [0, 0.05) is 17.2 Å². The summed E-state index contributed by atoms with van der Waals surface area (Å²) in [6.45, 7) is 2.12. The summed E-state index contributed by atoms with van der Waals surface area (Å²) in [7, 11) is 0. The summed E-state index contributed by atoms with van der Waals surface area (Å²) >= 11 is 0. The number of rotatable bonds is 4. The second-order valence-electron chi connectivity index (χ2n) is 6.72. The van der Waals surface area contributed by atoms with Crippen LogP contribution in [0, 0.1) is 18.3 Å². The molecule has 0 saturated heterocycles. The number of aryl methyl sites for hydroxylation is 1. The van der Waals surface area contributed by atoms with E-state index in [1.165, 1.54) is 63.4 Å². The first-order valence-electron chi connectivity index (χ1n) is 8.61. The largest absolute Gasteiger partial charge is 0.490 e. The van der Waals surface area contributed by atoms with Crippen LogP contribution in [0.1, 0.15) is 68.9 Å². The van der Waals surface area contributed by atoms with E-state index in [1.807, 2.05) is 0 Å². The summed E-state index contributed by atoms with van der Waals surface area (Å²) in [5, 5.41) is 8.65. The molecule has 0 unspecified atom stereocenters. The maximum absolute atomic E-state index is 8.65. The molecule has 0 aromatic heterocycles. The first-order chi connectivity index (χ1) is 10.3. The van der Waals surface area contributed by atoms with Gasteiger partial charge < -0.3 is 10.1 Å². The minimum atomic E-state index is 0.357. The maximum Gasteiger partial charge on any atom is 0.129 e. The van der Waals surface area contributed by atoms with Crippen molar-refractivity contribution >= 4 is 5.71 Å². The molecule has 0 heterocycles. The fourth-order valence-electron chi connectivity index (χ4n) is 3.87. The second-order valence-corrected chi connectivity index (χ2v) is 6.72. The van der Waals surface area contributed by atoms with E-state index in [4.69, 9.17) is 10.1 Å². The monoisotopic (exact) mass is 285 g/mol. The molecular weight excluding hydrogens is 258 g/mol. The first kappa shape index (κ1) is 14.6. The molecule has 114 valence electrons. The van der Waals surface area contributed by atoms with Gasteiger partial charge in [-0.15, -0.1) is 0 Å². The van der Waals surface area contributed by atoms with Crippen molar-refractivity contribution in [2.45, 2.75) is 70.8 Å². The first-order valence-corrected chi connectivity index (χ1v) is 8.61. The van der Waals surface area contributed by atoms with E-state index in [0.29, 0.717) is 12.0 Å². The Kier molecular flexibility index (Phi) is 4.62. The van der Waals surface area contributed by atoms with Gasteiger partial charge in [0.1, 0.15) is 5.75 Å². The lowest BCUT2D eigenvalue weighted by atomic mass is 9.91. The smallest absolute Gasteiger partial charge is 0.129 e.